The molecule has 0 heterocycles. The molecule has 0 radical (unpaired) electrons. The molecular weight excluding hydrogens is 1180 g/mol. The number of hydrogen-bond acceptors (Lipinski definition) is 1. The summed E-state index contributed by atoms with van der Waals surface area (Å²) in [5.41, 5.74) is 0. The van der Waals surface area contributed by atoms with E-state index in [4.69, 9.17) is 0 Å². The van der Waals surface area contributed by atoms with Crippen molar-refractivity contribution in [1.29, 1.82) is 0 Å². The summed E-state index contributed by atoms with van der Waals surface area (Å²) in [4.78, 5) is 0. The fourth-order valence-electron chi connectivity index (χ4n) is 11.9. The van der Waals surface area contributed by atoms with Gasteiger partial charge in [-0.15, -0.1) is 0 Å². The topological polar surface area (TPSA) is 9.23 Å². The van der Waals surface area contributed by atoms with Gasteiger partial charge in [0.2, 0.25) is 0 Å². The average Bonchev–Trinajstić information content (AvgIpc) is 3.23. The number of hydrogen-bond donors (Lipinski definition) is 0. The van der Waals surface area contributed by atoms with Crippen molar-refractivity contribution in [3.8, 4) is 0 Å². The summed E-state index contributed by atoms with van der Waals surface area (Å²) in [5, 5.41) is 7.08. The van der Waals surface area contributed by atoms with Gasteiger partial charge in [0.05, 0.1) is 0 Å². The van der Waals surface area contributed by atoms with Crippen molar-refractivity contribution in [2.24, 2.45) is 0 Å². The molecule has 6 aromatic carbocycles. The molecule has 69 heavy (non-hydrogen) atoms. The zero-order chi connectivity index (χ0) is 50.8. The number of halogens is 6. The first-order valence-electron chi connectivity index (χ1n) is 24.2. The van der Waals surface area contributed by atoms with Gasteiger partial charge in [0, 0.05) is 0 Å². The predicted octanol–water partition coefficient (Wildman–Crippen LogP) is 12.7. The average molecular weight is 1260 g/mol. The fourth-order valence-corrected chi connectivity index (χ4v) is 194. The Labute approximate surface area is 424 Å². The van der Waals surface area contributed by atoms with E-state index in [9.17, 15) is 27.8 Å². The summed E-state index contributed by atoms with van der Waals surface area (Å²) in [6.07, 6.45) is 0. The fraction of sp³-hybridized carbons (Fsp3) is 0.333. The van der Waals surface area contributed by atoms with Crippen molar-refractivity contribution in [3.05, 3.63) is 180 Å². The van der Waals surface area contributed by atoms with Gasteiger partial charge in [-0.2, -0.15) is 0 Å². The molecule has 0 fully saturated rings. The van der Waals surface area contributed by atoms with E-state index < -0.39 is 86.0 Å². The van der Waals surface area contributed by atoms with E-state index >= 15 is 0 Å². The molecule has 6 rings (SSSR count). The maximum absolute atomic E-state index is 14.8. The summed E-state index contributed by atoms with van der Waals surface area (Å²) in [6, 6.07) is 42.9. The summed E-state index contributed by atoms with van der Waals surface area (Å²) in [6.45, 7) is 29.1. The van der Waals surface area contributed by atoms with Gasteiger partial charge in [-0.3, -0.25) is 0 Å². The molecule has 0 spiro atoms. The van der Waals surface area contributed by atoms with Crippen LogP contribution in [0.3, 0.4) is 0 Å². The molecule has 6 aromatic rings. The summed E-state index contributed by atoms with van der Waals surface area (Å²) < 4.78 is 104. The molecule has 0 aromatic heterocycles. The SMILES string of the molecule is C[Si](C)([CH2][Sn]([CH2][Si](C)(C)c1ccc(F)cc1)([CH2][Si](C)(C)c1ccc(F)cc1)[O][Sn]([CH2][Si](C)(C)c1ccc(F)cc1)([CH2][Si](C)(C)c1ccc(F)cc1)[CH2][Si](C)(C)c1ccc(F)cc1)c1ccc(F)cc1. The van der Waals surface area contributed by atoms with Crippen LogP contribution < -0.4 is 31.1 Å². The van der Waals surface area contributed by atoms with E-state index in [-0.39, 0.29) is 34.9 Å². The van der Waals surface area contributed by atoms with Crippen LogP contribution in [-0.2, 0) is 1.41 Å². The first-order chi connectivity index (χ1) is 31.9. The Balaban J connectivity index is 1.72. The molecule has 0 N–H and O–H groups in total. The number of rotatable bonds is 20. The van der Waals surface area contributed by atoms with Crippen LogP contribution in [0.15, 0.2) is 146 Å². The molecule has 0 saturated heterocycles. The van der Waals surface area contributed by atoms with Gasteiger partial charge in [-0.05, 0) is 0 Å². The molecule has 0 amide bonds. The van der Waals surface area contributed by atoms with Crippen molar-refractivity contribution in [2.45, 2.75) is 103 Å². The Kier molecular flexibility index (Phi) is 17.6. The van der Waals surface area contributed by atoms with Crippen LogP contribution in [0.1, 0.15) is 0 Å². The van der Waals surface area contributed by atoms with Crippen molar-refractivity contribution in [2.75, 3.05) is 0 Å². The van der Waals surface area contributed by atoms with Crippen LogP contribution in [-0.4, -0.2) is 86.0 Å². The van der Waals surface area contributed by atoms with Crippen LogP contribution in [0, 0.1) is 34.9 Å². The standard InChI is InChI=1S/6C9H12FSi.O.2Sn/c6*1-11(2,3)9-6-4-8(10)5-7-9;;;/h6*4-7H,1H2,2-3H3;;;. The van der Waals surface area contributed by atoms with Crippen LogP contribution in [0.5, 0.6) is 0 Å². The first-order valence-corrected chi connectivity index (χ1v) is 57.9. The maximum atomic E-state index is 14.8. The normalized spacial score (nSPS) is 13.5. The summed E-state index contributed by atoms with van der Waals surface area (Å²) in [7, 11) is -14.8. The second-order valence-corrected chi connectivity index (χ2v) is 88.2. The van der Waals surface area contributed by atoms with Gasteiger partial charge in [0.25, 0.3) is 0 Å². The second-order valence-electron chi connectivity index (χ2n) is 23.9. The molecule has 0 atom stereocenters. The Morgan fingerprint density at radius 2 is 0.362 bits per heavy atom. The minimum atomic E-state index is -4.41. The molecule has 0 aliphatic heterocycles. The molecule has 0 unspecified atom stereocenters. The van der Waals surface area contributed by atoms with E-state index in [1.807, 2.05) is 72.8 Å². The summed E-state index contributed by atoms with van der Waals surface area (Å²) >= 11 is -8.82. The third kappa shape index (κ3) is 14.5. The first kappa shape index (κ1) is 56.1. The van der Waals surface area contributed by atoms with Crippen molar-refractivity contribution in [3.63, 3.8) is 0 Å². The van der Waals surface area contributed by atoms with Gasteiger partial charge in [0.1, 0.15) is 0 Å². The Morgan fingerprint density at radius 1 is 0.246 bits per heavy atom. The third-order valence-corrected chi connectivity index (χ3v) is 133. The van der Waals surface area contributed by atoms with Crippen molar-refractivity contribution >= 4 is 117 Å². The molecule has 368 valence electrons. The third-order valence-electron chi connectivity index (χ3n) is 14.8. The molecule has 1 nitrogen and oxygen atoms in total. The van der Waals surface area contributed by atoms with Crippen molar-refractivity contribution < 1.29 is 27.8 Å². The van der Waals surface area contributed by atoms with Gasteiger partial charge >= 0.3 is 428 Å². The van der Waals surface area contributed by atoms with Crippen LogP contribution in [0.4, 0.5) is 26.3 Å². The Hall–Kier alpha value is -2.24. The van der Waals surface area contributed by atoms with Gasteiger partial charge < -0.3 is 0 Å². The van der Waals surface area contributed by atoms with E-state index in [1.54, 1.807) is 72.8 Å². The monoisotopic (exact) mass is 1260 g/mol. The summed E-state index contributed by atoms with van der Waals surface area (Å²) in [5.74, 6) is -1.62. The molecule has 0 saturated carbocycles. The Bertz CT molecular complexity index is 2170. The predicted molar refractivity (Wildman–Crippen MR) is 303 cm³/mol. The van der Waals surface area contributed by atoms with Crippen LogP contribution in [0.25, 0.3) is 0 Å². The minimum absolute atomic E-state index is 0.270. The van der Waals surface area contributed by atoms with E-state index in [1.165, 1.54) is 31.1 Å². The van der Waals surface area contributed by atoms with Crippen LogP contribution >= 0.6 is 0 Å². The molecule has 0 bridgehead atoms. The van der Waals surface area contributed by atoms with Crippen molar-refractivity contribution in [1.82, 2.24) is 0 Å². The molecule has 0 aliphatic rings. The number of benzene rings is 6. The zero-order valence-corrected chi connectivity index (χ0v) is 54.5. The quantitative estimate of drug-likeness (QED) is 0.0547. The molecular formula is C54H72F6OSi6Sn2. The zero-order valence-electron chi connectivity index (χ0n) is 42.8. The molecule has 0 aliphatic carbocycles. The van der Waals surface area contributed by atoms with E-state index in [0.29, 0.717) is 0 Å². The Morgan fingerprint density at radius 3 is 0.478 bits per heavy atom. The van der Waals surface area contributed by atoms with Gasteiger partial charge in [-0.25, -0.2) is 0 Å². The van der Waals surface area contributed by atoms with Gasteiger partial charge in [-0.1, -0.05) is 0 Å². The van der Waals surface area contributed by atoms with E-state index in [0.717, 1.165) is 24.4 Å². The molecule has 15 heteroatoms. The van der Waals surface area contributed by atoms with Crippen LogP contribution in [0.2, 0.25) is 103 Å². The van der Waals surface area contributed by atoms with E-state index in [2.05, 4.69) is 78.6 Å². The second kappa shape index (κ2) is 21.7. The van der Waals surface area contributed by atoms with Gasteiger partial charge in [0.15, 0.2) is 0 Å².